The minimum atomic E-state index is -1.23. The van der Waals surface area contributed by atoms with Crippen molar-refractivity contribution in [3.8, 4) is 5.75 Å². The Morgan fingerprint density at radius 1 is 0.714 bits per heavy atom. The Morgan fingerprint density at radius 3 is 2.02 bits per heavy atom. The predicted octanol–water partition coefficient (Wildman–Crippen LogP) is 5.67. The van der Waals surface area contributed by atoms with Crippen molar-refractivity contribution in [3.63, 3.8) is 0 Å². The molecule has 0 radical (unpaired) electrons. The molecule has 1 heterocycles. The quantitative estimate of drug-likeness (QED) is 0.0995. The van der Waals surface area contributed by atoms with E-state index in [2.05, 4.69) is 5.32 Å². The van der Waals surface area contributed by atoms with Gasteiger partial charge in [-0.15, -0.1) is 0 Å². The summed E-state index contributed by atoms with van der Waals surface area (Å²) in [5.41, 5.74) is 1.30. The van der Waals surface area contributed by atoms with Crippen LogP contribution in [0.1, 0.15) is 24.0 Å². The van der Waals surface area contributed by atoms with Crippen LogP contribution < -0.4 is 15.7 Å². The molecule has 0 aliphatic rings. The Morgan fingerprint density at radius 2 is 1.33 bits per heavy atom. The van der Waals surface area contributed by atoms with Crippen LogP contribution in [0, 0.1) is 0 Å². The first kappa shape index (κ1) is 28.1. The molecule has 1 unspecified atom stereocenters. The summed E-state index contributed by atoms with van der Waals surface area (Å²) in [6, 6.07) is 28.7. The average molecular weight is 566 g/mol. The van der Waals surface area contributed by atoms with E-state index >= 15 is 0 Å². The van der Waals surface area contributed by atoms with Crippen LogP contribution in [0.15, 0.2) is 112 Å². The molecule has 0 spiro atoms. The van der Waals surface area contributed by atoms with Crippen molar-refractivity contribution in [1.29, 1.82) is 0 Å². The van der Waals surface area contributed by atoms with Crippen LogP contribution in [0.4, 0.5) is 4.79 Å². The summed E-state index contributed by atoms with van der Waals surface area (Å²) in [4.78, 5) is 50.6. The molecule has 1 aromatic heterocycles. The van der Waals surface area contributed by atoms with Gasteiger partial charge >= 0.3 is 23.7 Å². The van der Waals surface area contributed by atoms with E-state index in [1.165, 1.54) is 6.07 Å². The molecular formula is C33H27NO8. The van der Waals surface area contributed by atoms with E-state index in [1.807, 2.05) is 54.6 Å². The van der Waals surface area contributed by atoms with Crippen LogP contribution in [0.3, 0.4) is 0 Å². The van der Waals surface area contributed by atoms with Crippen LogP contribution in [-0.2, 0) is 32.3 Å². The molecule has 0 fully saturated rings. The number of carbonyl (C=O) groups is 3. The summed E-state index contributed by atoms with van der Waals surface area (Å²) in [5.74, 6) is -1.28. The molecule has 5 aromatic rings. The van der Waals surface area contributed by atoms with Gasteiger partial charge in [-0.1, -0.05) is 78.9 Å². The van der Waals surface area contributed by atoms with Gasteiger partial charge in [-0.05, 0) is 41.1 Å². The van der Waals surface area contributed by atoms with Gasteiger partial charge in [0, 0.05) is 17.9 Å². The summed E-state index contributed by atoms with van der Waals surface area (Å²) in [5, 5.41) is 4.30. The predicted molar refractivity (Wildman–Crippen MR) is 155 cm³/mol. The van der Waals surface area contributed by atoms with Gasteiger partial charge in [0.25, 0.3) is 0 Å². The lowest BCUT2D eigenvalue weighted by Crippen LogP contribution is -2.43. The number of carbonyl (C=O) groups excluding carboxylic acids is 3. The number of alkyl carbamates (subject to hydrolysis) is 1. The van der Waals surface area contributed by atoms with Gasteiger partial charge in [-0.3, -0.25) is 4.79 Å². The number of hydrogen-bond donors (Lipinski definition) is 1. The SMILES string of the molecule is O=C(CCC(NC(=O)OCc1ccccc1)C(=O)Oc1ccc2c(c1)oc(=O)c1ccccc12)OCc1ccccc1. The molecule has 1 amide bonds. The van der Waals surface area contributed by atoms with Crippen LogP contribution in [0.2, 0.25) is 0 Å². The molecule has 42 heavy (non-hydrogen) atoms. The number of rotatable bonds is 10. The molecule has 9 nitrogen and oxygen atoms in total. The molecule has 1 atom stereocenters. The van der Waals surface area contributed by atoms with Gasteiger partial charge in [0.05, 0.1) is 5.39 Å². The highest BCUT2D eigenvalue weighted by atomic mass is 16.6. The maximum Gasteiger partial charge on any atom is 0.408 e. The first-order chi connectivity index (χ1) is 20.5. The van der Waals surface area contributed by atoms with Crippen molar-refractivity contribution in [1.82, 2.24) is 5.32 Å². The molecule has 0 bridgehead atoms. The van der Waals surface area contributed by atoms with E-state index < -0.39 is 29.7 Å². The van der Waals surface area contributed by atoms with E-state index in [0.29, 0.717) is 16.2 Å². The fraction of sp³-hybridized carbons (Fsp3) is 0.152. The van der Waals surface area contributed by atoms with E-state index in [-0.39, 0.29) is 37.4 Å². The zero-order chi connectivity index (χ0) is 29.3. The van der Waals surface area contributed by atoms with Gasteiger partial charge in [-0.25, -0.2) is 14.4 Å². The summed E-state index contributed by atoms with van der Waals surface area (Å²) in [7, 11) is 0. The normalized spacial score (nSPS) is 11.5. The third kappa shape index (κ3) is 7.19. The zero-order valence-corrected chi connectivity index (χ0v) is 22.5. The highest BCUT2D eigenvalue weighted by Gasteiger charge is 2.25. The fourth-order valence-corrected chi connectivity index (χ4v) is 4.34. The van der Waals surface area contributed by atoms with Gasteiger partial charge in [-0.2, -0.15) is 0 Å². The third-order valence-electron chi connectivity index (χ3n) is 6.48. The Kier molecular flexibility index (Phi) is 8.88. The van der Waals surface area contributed by atoms with Crippen LogP contribution in [0.25, 0.3) is 21.7 Å². The van der Waals surface area contributed by atoms with Crippen molar-refractivity contribution in [2.24, 2.45) is 0 Å². The van der Waals surface area contributed by atoms with E-state index in [0.717, 1.165) is 11.1 Å². The molecule has 0 aliphatic heterocycles. The maximum atomic E-state index is 13.2. The summed E-state index contributed by atoms with van der Waals surface area (Å²) in [6.07, 6.45) is -1.11. The van der Waals surface area contributed by atoms with Gasteiger partial charge in [0.15, 0.2) is 0 Å². The Bertz CT molecular complexity index is 1770. The lowest BCUT2D eigenvalue weighted by molar-refractivity contribution is -0.145. The maximum absolute atomic E-state index is 13.2. The molecule has 0 saturated carbocycles. The van der Waals surface area contributed by atoms with Crippen LogP contribution in [0.5, 0.6) is 5.75 Å². The number of nitrogens with one attached hydrogen (secondary N) is 1. The molecule has 9 heteroatoms. The third-order valence-corrected chi connectivity index (χ3v) is 6.48. The highest BCUT2D eigenvalue weighted by Crippen LogP contribution is 2.26. The monoisotopic (exact) mass is 565 g/mol. The Hall–Kier alpha value is -5.44. The first-order valence-electron chi connectivity index (χ1n) is 13.3. The Labute approximate surface area is 240 Å². The lowest BCUT2D eigenvalue weighted by atomic mass is 10.1. The standard InChI is InChI=1S/C33H27NO8/c35-30(39-20-22-9-3-1-4-10-22)18-17-28(34-33(38)40-21-23-11-5-2-6-12-23)32(37)41-24-15-16-26-25-13-7-8-14-27(25)31(36)42-29(26)19-24/h1-16,19,28H,17-18,20-21H2,(H,34,38). The number of fused-ring (bicyclic) bond motifs is 3. The molecule has 4 aromatic carbocycles. The molecule has 0 aliphatic carbocycles. The first-order valence-corrected chi connectivity index (χ1v) is 13.3. The number of benzene rings is 4. The summed E-state index contributed by atoms with van der Waals surface area (Å²) < 4.78 is 21.5. The molecule has 212 valence electrons. The molecule has 5 rings (SSSR count). The second kappa shape index (κ2) is 13.3. The molecule has 0 saturated heterocycles. The number of amides is 1. The number of ether oxygens (including phenoxy) is 3. The van der Waals surface area contributed by atoms with Gasteiger partial charge in [0.2, 0.25) is 0 Å². The van der Waals surface area contributed by atoms with Crippen LogP contribution >= 0.6 is 0 Å². The molecule has 1 N–H and O–H groups in total. The van der Waals surface area contributed by atoms with E-state index in [9.17, 15) is 19.2 Å². The fourth-order valence-electron chi connectivity index (χ4n) is 4.34. The Balaban J connectivity index is 1.27. The van der Waals surface area contributed by atoms with Gasteiger partial charge < -0.3 is 23.9 Å². The van der Waals surface area contributed by atoms with Crippen molar-refractivity contribution in [2.75, 3.05) is 0 Å². The van der Waals surface area contributed by atoms with E-state index in [4.69, 9.17) is 18.6 Å². The second-order valence-electron chi connectivity index (χ2n) is 9.46. The van der Waals surface area contributed by atoms with Crippen molar-refractivity contribution < 1.29 is 33.0 Å². The van der Waals surface area contributed by atoms with Gasteiger partial charge in [0.1, 0.15) is 30.6 Å². The topological polar surface area (TPSA) is 121 Å². The largest absolute Gasteiger partial charge is 0.461 e. The highest BCUT2D eigenvalue weighted by molar-refractivity contribution is 6.04. The van der Waals surface area contributed by atoms with Crippen molar-refractivity contribution in [2.45, 2.75) is 32.1 Å². The van der Waals surface area contributed by atoms with Crippen molar-refractivity contribution >= 4 is 39.8 Å². The minimum absolute atomic E-state index is 0.00871. The smallest absolute Gasteiger partial charge is 0.408 e. The lowest BCUT2D eigenvalue weighted by Gasteiger charge is -2.17. The van der Waals surface area contributed by atoms with Crippen LogP contribution in [-0.4, -0.2) is 24.1 Å². The average Bonchev–Trinajstić information content (AvgIpc) is 3.02. The van der Waals surface area contributed by atoms with Crippen molar-refractivity contribution in [3.05, 3.63) is 125 Å². The number of hydrogen-bond acceptors (Lipinski definition) is 8. The molecular weight excluding hydrogens is 538 g/mol. The summed E-state index contributed by atoms with van der Waals surface area (Å²) in [6.45, 7) is 0.0729. The second-order valence-corrected chi connectivity index (χ2v) is 9.46. The number of esters is 2. The van der Waals surface area contributed by atoms with E-state index in [1.54, 1.807) is 42.5 Å². The minimum Gasteiger partial charge on any atom is -0.461 e. The summed E-state index contributed by atoms with van der Waals surface area (Å²) >= 11 is 0. The zero-order valence-electron chi connectivity index (χ0n) is 22.5.